The largest absolute Gasteiger partial charge is 0.331 e. The maximum atomic E-state index is 11.7. The maximum absolute atomic E-state index is 11.7. The summed E-state index contributed by atoms with van der Waals surface area (Å²) in [5.74, 6) is 0. The Labute approximate surface area is 69.8 Å². The Bertz CT molecular complexity index is 86.1. The fraction of sp³-hybridized carbons (Fsp3) is 1.00. The van der Waals surface area contributed by atoms with Gasteiger partial charge < -0.3 is 4.48 Å². The van der Waals surface area contributed by atoms with E-state index in [4.69, 9.17) is 0 Å². The van der Waals surface area contributed by atoms with E-state index in [1.54, 1.807) is 0 Å². The molecule has 0 spiro atoms. The van der Waals surface area contributed by atoms with E-state index in [9.17, 15) is 4.39 Å². The number of quaternary nitrogens is 1. The number of alkyl halides is 1. The van der Waals surface area contributed by atoms with Crippen molar-refractivity contribution in [2.45, 2.75) is 25.7 Å². The zero-order valence-corrected chi connectivity index (χ0v) is 8.07. The van der Waals surface area contributed by atoms with Crippen LogP contribution in [0.15, 0.2) is 0 Å². The first kappa shape index (κ1) is 10.9. The highest BCUT2D eigenvalue weighted by atomic mass is 19.1. The number of halogens is 1. The van der Waals surface area contributed by atoms with E-state index < -0.39 is 0 Å². The van der Waals surface area contributed by atoms with E-state index >= 15 is 0 Å². The van der Waals surface area contributed by atoms with Crippen LogP contribution in [0.3, 0.4) is 0 Å². The number of rotatable bonds is 6. The third-order valence-corrected chi connectivity index (χ3v) is 1.71. The van der Waals surface area contributed by atoms with E-state index in [0.29, 0.717) is 0 Å². The summed E-state index contributed by atoms with van der Waals surface area (Å²) in [5.41, 5.74) is 0. The summed E-state index contributed by atoms with van der Waals surface area (Å²) >= 11 is 0. The summed E-state index contributed by atoms with van der Waals surface area (Å²) in [6, 6.07) is 0. The third kappa shape index (κ3) is 9.89. The lowest BCUT2D eigenvalue weighted by Gasteiger charge is -2.23. The van der Waals surface area contributed by atoms with Crippen molar-refractivity contribution in [2.75, 3.05) is 34.4 Å². The normalized spacial score (nSPS) is 12.0. The summed E-state index contributed by atoms with van der Waals surface area (Å²) in [5, 5.41) is 0. The molecule has 0 heterocycles. The van der Waals surface area contributed by atoms with Gasteiger partial charge in [-0.25, -0.2) is 0 Å². The fourth-order valence-electron chi connectivity index (χ4n) is 1.03. The van der Waals surface area contributed by atoms with Crippen LogP contribution in [-0.4, -0.2) is 38.8 Å². The summed E-state index contributed by atoms with van der Waals surface area (Å²) in [4.78, 5) is 0. The smallest absolute Gasteiger partial charge is 0.0894 e. The highest BCUT2D eigenvalue weighted by Crippen LogP contribution is 2.02. The monoisotopic (exact) mass is 162 g/mol. The molecule has 0 bridgehead atoms. The molecule has 1 nitrogen and oxygen atoms in total. The molecule has 0 aromatic rings. The molecular weight excluding hydrogens is 141 g/mol. The van der Waals surface area contributed by atoms with Gasteiger partial charge in [0.1, 0.15) is 0 Å². The van der Waals surface area contributed by atoms with Crippen LogP contribution in [0.4, 0.5) is 4.39 Å². The molecular formula is C9H21FN+. The number of hydrogen-bond acceptors (Lipinski definition) is 0. The second-order valence-electron chi connectivity index (χ2n) is 4.12. The first-order chi connectivity index (χ1) is 5.06. The minimum atomic E-state index is -0.148. The molecule has 0 rings (SSSR count). The van der Waals surface area contributed by atoms with E-state index in [0.717, 1.165) is 17.3 Å². The van der Waals surface area contributed by atoms with E-state index in [-0.39, 0.29) is 6.67 Å². The topological polar surface area (TPSA) is 0 Å². The number of unbranched alkanes of at least 4 members (excludes halogenated alkanes) is 3. The van der Waals surface area contributed by atoms with E-state index in [1.165, 1.54) is 19.4 Å². The molecule has 0 aliphatic heterocycles. The summed E-state index contributed by atoms with van der Waals surface area (Å²) in [6.45, 7) is 1.05. The van der Waals surface area contributed by atoms with E-state index in [2.05, 4.69) is 21.1 Å². The van der Waals surface area contributed by atoms with Gasteiger partial charge in [-0.15, -0.1) is 0 Å². The Morgan fingerprint density at radius 3 is 1.91 bits per heavy atom. The molecule has 0 radical (unpaired) electrons. The van der Waals surface area contributed by atoms with Crippen molar-refractivity contribution in [1.82, 2.24) is 0 Å². The first-order valence-corrected chi connectivity index (χ1v) is 4.43. The van der Waals surface area contributed by atoms with Gasteiger partial charge in [-0.05, 0) is 19.3 Å². The van der Waals surface area contributed by atoms with Gasteiger partial charge in [-0.1, -0.05) is 6.42 Å². The van der Waals surface area contributed by atoms with Crippen molar-refractivity contribution >= 4 is 0 Å². The van der Waals surface area contributed by atoms with Crippen LogP contribution in [0.1, 0.15) is 25.7 Å². The summed E-state index contributed by atoms with van der Waals surface area (Å²) in [6.07, 6.45) is 4.20. The number of hydrogen-bond donors (Lipinski definition) is 0. The molecule has 11 heavy (non-hydrogen) atoms. The quantitative estimate of drug-likeness (QED) is 0.415. The van der Waals surface area contributed by atoms with Gasteiger partial charge in [0.05, 0.1) is 34.4 Å². The molecule has 0 aliphatic carbocycles. The summed E-state index contributed by atoms with van der Waals surface area (Å²) in [7, 11) is 6.57. The zero-order valence-electron chi connectivity index (χ0n) is 8.07. The highest BCUT2D eigenvalue weighted by Gasteiger charge is 2.04. The predicted octanol–water partition coefficient (Wildman–Crippen LogP) is 2.22. The molecule has 0 saturated heterocycles. The van der Waals surface area contributed by atoms with Crippen molar-refractivity contribution in [3.05, 3.63) is 0 Å². The van der Waals surface area contributed by atoms with Crippen LogP contribution in [0.25, 0.3) is 0 Å². The van der Waals surface area contributed by atoms with Crippen molar-refractivity contribution in [2.24, 2.45) is 0 Å². The molecule has 0 amide bonds. The molecule has 0 atom stereocenters. The van der Waals surface area contributed by atoms with Gasteiger partial charge in [0.2, 0.25) is 0 Å². The predicted molar refractivity (Wildman–Crippen MR) is 47.3 cm³/mol. The van der Waals surface area contributed by atoms with Crippen molar-refractivity contribution < 1.29 is 8.87 Å². The minimum absolute atomic E-state index is 0.148. The molecule has 2 heteroatoms. The average Bonchev–Trinajstić information content (AvgIpc) is 1.85. The molecule has 68 valence electrons. The Balaban J connectivity index is 3.02. The van der Waals surface area contributed by atoms with Crippen LogP contribution < -0.4 is 0 Å². The third-order valence-electron chi connectivity index (χ3n) is 1.71. The molecule has 0 aromatic heterocycles. The number of nitrogens with zero attached hydrogens (tertiary/aromatic N) is 1. The van der Waals surface area contributed by atoms with E-state index in [1.807, 2.05) is 0 Å². The first-order valence-electron chi connectivity index (χ1n) is 4.43. The van der Waals surface area contributed by atoms with Crippen molar-refractivity contribution in [3.8, 4) is 0 Å². The van der Waals surface area contributed by atoms with Gasteiger partial charge in [0.25, 0.3) is 0 Å². The fourth-order valence-corrected chi connectivity index (χ4v) is 1.03. The van der Waals surface area contributed by atoms with Crippen molar-refractivity contribution in [3.63, 3.8) is 0 Å². The van der Waals surface area contributed by atoms with Crippen LogP contribution in [0.2, 0.25) is 0 Å². The molecule has 0 aromatic carbocycles. The van der Waals surface area contributed by atoms with Crippen LogP contribution in [0.5, 0.6) is 0 Å². The Kier molecular flexibility index (Phi) is 5.47. The molecule has 0 aliphatic rings. The minimum Gasteiger partial charge on any atom is -0.331 e. The summed E-state index contributed by atoms with van der Waals surface area (Å²) < 4.78 is 12.7. The Hall–Kier alpha value is -0.110. The van der Waals surface area contributed by atoms with Gasteiger partial charge >= 0.3 is 0 Å². The van der Waals surface area contributed by atoms with Gasteiger partial charge in [-0.3, -0.25) is 4.39 Å². The highest BCUT2D eigenvalue weighted by molar-refractivity contribution is 4.41. The lowest BCUT2D eigenvalue weighted by atomic mass is 10.2. The van der Waals surface area contributed by atoms with Crippen LogP contribution in [-0.2, 0) is 0 Å². The van der Waals surface area contributed by atoms with Gasteiger partial charge in [-0.2, -0.15) is 0 Å². The molecule has 0 saturated carbocycles. The molecule has 0 N–H and O–H groups in total. The second kappa shape index (κ2) is 5.53. The lowest BCUT2D eigenvalue weighted by molar-refractivity contribution is -0.870. The van der Waals surface area contributed by atoms with Gasteiger partial charge in [0, 0.05) is 0 Å². The SMILES string of the molecule is C[N+](C)(C)CCCCCCF. The van der Waals surface area contributed by atoms with Crippen LogP contribution in [0, 0.1) is 0 Å². The molecule has 0 fully saturated rings. The van der Waals surface area contributed by atoms with Crippen LogP contribution >= 0.6 is 0 Å². The standard InChI is InChI=1S/C9H21FN/c1-11(2,3)9-7-5-4-6-8-10/h4-9H2,1-3H3/q+1. The zero-order chi connectivity index (χ0) is 8.74. The Morgan fingerprint density at radius 2 is 1.45 bits per heavy atom. The lowest BCUT2D eigenvalue weighted by Crippen LogP contribution is -2.35. The second-order valence-corrected chi connectivity index (χ2v) is 4.12. The van der Waals surface area contributed by atoms with Gasteiger partial charge in [0.15, 0.2) is 0 Å². The average molecular weight is 162 g/mol. The molecule has 0 unspecified atom stereocenters. The van der Waals surface area contributed by atoms with Crippen molar-refractivity contribution in [1.29, 1.82) is 0 Å². The maximum Gasteiger partial charge on any atom is 0.0894 e. The Morgan fingerprint density at radius 1 is 0.909 bits per heavy atom.